The Hall–Kier alpha value is -1.56. The van der Waals surface area contributed by atoms with Crippen molar-refractivity contribution in [1.82, 2.24) is 10.6 Å². The first-order valence-corrected chi connectivity index (χ1v) is 8.43. The van der Waals surface area contributed by atoms with Crippen molar-refractivity contribution < 1.29 is 14.3 Å². The molecule has 1 aromatic rings. The number of aryl methyl sites for hydroxylation is 1. The van der Waals surface area contributed by atoms with Gasteiger partial charge in [-0.1, -0.05) is 22.0 Å². The highest BCUT2D eigenvalue weighted by atomic mass is 79.9. The monoisotopic (exact) mass is 366 g/mol. The third-order valence-electron chi connectivity index (χ3n) is 4.19. The van der Waals surface area contributed by atoms with Crippen LogP contribution < -0.4 is 10.6 Å². The average Bonchev–Trinajstić information content (AvgIpc) is 2.91. The van der Waals surface area contributed by atoms with Crippen LogP contribution >= 0.6 is 15.9 Å². The Morgan fingerprint density at radius 3 is 3.00 bits per heavy atom. The molecule has 0 radical (unpaired) electrons. The van der Waals surface area contributed by atoms with Gasteiger partial charge in [0, 0.05) is 23.5 Å². The predicted molar refractivity (Wildman–Crippen MR) is 85.5 cm³/mol. The van der Waals surface area contributed by atoms with Crippen molar-refractivity contribution in [3.63, 3.8) is 0 Å². The van der Waals surface area contributed by atoms with Crippen LogP contribution in [0.2, 0.25) is 0 Å². The van der Waals surface area contributed by atoms with E-state index in [9.17, 15) is 9.59 Å². The molecule has 1 heterocycles. The highest BCUT2D eigenvalue weighted by Gasteiger charge is 2.25. The Kier molecular flexibility index (Phi) is 4.66. The fourth-order valence-corrected chi connectivity index (χ4v) is 3.48. The quantitative estimate of drug-likeness (QED) is 0.864. The molecule has 2 atom stereocenters. The first kappa shape index (κ1) is 15.3. The lowest BCUT2D eigenvalue weighted by Crippen LogP contribution is -2.39. The molecule has 1 aliphatic carbocycles. The summed E-state index contributed by atoms with van der Waals surface area (Å²) in [5.41, 5.74) is 2.33. The van der Waals surface area contributed by atoms with Gasteiger partial charge in [0.15, 0.2) is 0 Å². The maximum absolute atomic E-state index is 12.0. The minimum atomic E-state index is -0.415. The molecule has 3 rings (SSSR count). The molecular weight excluding hydrogens is 348 g/mol. The van der Waals surface area contributed by atoms with Crippen LogP contribution in [0.3, 0.4) is 0 Å². The smallest absolute Gasteiger partial charge is 0.407 e. The van der Waals surface area contributed by atoms with Gasteiger partial charge in [0.05, 0.1) is 0 Å². The van der Waals surface area contributed by atoms with Crippen molar-refractivity contribution in [2.75, 3.05) is 6.54 Å². The van der Waals surface area contributed by atoms with Crippen molar-refractivity contribution in [1.29, 1.82) is 0 Å². The highest BCUT2D eigenvalue weighted by Crippen LogP contribution is 2.34. The van der Waals surface area contributed by atoms with E-state index in [2.05, 4.69) is 32.6 Å². The zero-order chi connectivity index (χ0) is 15.5. The number of carbonyl (C=O) groups is 2. The fraction of sp³-hybridized carbons (Fsp3) is 0.500. The van der Waals surface area contributed by atoms with E-state index in [0.29, 0.717) is 13.0 Å². The van der Waals surface area contributed by atoms with E-state index in [0.717, 1.165) is 35.7 Å². The third-order valence-corrected chi connectivity index (χ3v) is 4.68. The van der Waals surface area contributed by atoms with Crippen molar-refractivity contribution in [3.05, 3.63) is 33.8 Å². The van der Waals surface area contributed by atoms with E-state index in [4.69, 9.17) is 4.74 Å². The van der Waals surface area contributed by atoms with E-state index in [1.165, 1.54) is 5.56 Å². The van der Waals surface area contributed by atoms with Gasteiger partial charge in [-0.25, -0.2) is 4.79 Å². The largest absolute Gasteiger partial charge is 0.441 e. The SMILES string of the molecule is O=C1CC[C@@H](CNC(=O)O[C@@H]2CCCc3cc(Br)ccc32)N1. The Labute approximate surface area is 137 Å². The fourth-order valence-electron chi connectivity index (χ4n) is 3.07. The molecule has 1 aliphatic heterocycles. The molecular formula is C16H19BrN2O3. The number of rotatable bonds is 3. The van der Waals surface area contributed by atoms with Crippen molar-refractivity contribution in [2.45, 2.75) is 44.2 Å². The Balaban J connectivity index is 1.55. The summed E-state index contributed by atoms with van der Waals surface area (Å²) in [6, 6.07) is 6.12. The predicted octanol–water partition coefficient (Wildman–Crippen LogP) is 2.83. The number of benzene rings is 1. The van der Waals surface area contributed by atoms with E-state index in [-0.39, 0.29) is 18.1 Å². The molecule has 1 aromatic carbocycles. The molecule has 5 nitrogen and oxygen atoms in total. The molecule has 0 spiro atoms. The van der Waals surface area contributed by atoms with Crippen LogP contribution in [-0.2, 0) is 16.0 Å². The third kappa shape index (κ3) is 3.61. The summed E-state index contributed by atoms with van der Waals surface area (Å²) >= 11 is 3.47. The van der Waals surface area contributed by atoms with Crippen LogP contribution in [-0.4, -0.2) is 24.6 Å². The van der Waals surface area contributed by atoms with Crippen LogP contribution in [0.5, 0.6) is 0 Å². The summed E-state index contributed by atoms with van der Waals surface area (Å²) in [7, 11) is 0. The summed E-state index contributed by atoms with van der Waals surface area (Å²) in [6.45, 7) is 0.421. The minimum Gasteiger partial charge on any atom is -0.441 e. The molecule has 1 saturated heterocycles. The summed E-state index contributed by atoms with van der Waals surface area (Å²) in [5, 5.41) is 5.57. The standard InChI is InChI=1S/C16H19BrN2O3/c17-11-4-6-13-10(8-11)2-1-3-14(13)22-16(21)18-9-12-5-7-15(20)19-12/h4,6,8,12,14H,1-3,5,7,9H2,(H,18,21)(H,19,20)/t12-,14+/m0/s1. The van der Waals surface area contributed by atoms with Gasteiger partial charge in [-0.3, -0.25) is 4.79 Å². The van der Waals surface area contributed by atoms with Crippen LogP contribution in [0.4, 0.5) is 4.79 Å². The average molecular weight is 367 g/mol. The van der Waals surface area contributed by atoms with Gasteiger partial charge in [0.1, 0.15) is 6.10 Å². The number of nitrogens with one attached hydrogen (secondary N) is 2. The molecule has 1 fully saturated rings. The number of alkyl carbamates (subject to hydrolysis) is 1. The van der Waals surface area contributed by atoms with Crippen molar-refractivity contribution >= 4 is 27.9 Å². The number of fused-ring (bicyclic) bond motifs is 1. The normalized spacial score (nSPS) is 23.6. The van der Waals surface area contributed by atoms with Crippen LogP contribution in [0.1, 0.15) is 42.9 Å². The lowest BCUT2D eigenvalue weighted by Gasteiger charge is -2.26. The topological polar surface area (TPSA) is 67.4 Å². The molecule has 0 bridgehead atoms. The van der Waals surface area contributed by atoms with Gasteiger partial charge in [0.25, 0.3) is 0 Å². The lowest BCUT2D eigenvalue weighted by molar-refractivity contribution is -0.119. The van der Waals surface area contributed by atoms with Gasteiger partial charge in [-0.05, 0) is 48.9 Å². The molecule has 0 unspecified atom stereocenters. The zero-order valence-corrected chi connectivity index (χ0v) is 13.8. The lowest BCUT2D eigenvalue weighted by atomic mass is 9.89. The Bertz CT molecular complexity index is 591. The molecule has 0 saturated carbocycles. The Morgan fingerprint density at radius 2 is 2.23 bits per heavy atom. The van der Waals surface area contributed by atoms with Crippen molar-refractivity contribution in [2.24, 2.45) is 0 Å². The van der Waals surface area contributed by atoms with Gasteiger partial charge in [-0.15, -0.1) is 0 Å². The maximum atomic E-state index is 12.0. The highest BCUT2D eigenvalue weighted by molar-refractivity contribution is 9.10. The number of halogens is 1. The molecule has 2 N–H and O–H groups in total. The summed E-state index contributed by atoms with van der Waals surface area (Å²) in [6.07, 6.45) is 3.58. The van der Waals surface area contributed by atoms with Crippen molar-refractivity contribution in [3.8, 4) is 0 Å². The molecule has 0 aromatic heterocycles. The van der Waals surface area contributed by atoms with Crippen LogP contribution in [0, 0.1) is 0 Å². The van der Waals surface area contributed by atoms with E-state index >= 15 is 0 Å². The second-order valence-corrected chi connectivity index (χ2v) is 6.73. The second-order valence-electron chi connectivity index (χ2n) is 5.81. The van der Waals surface area contributed by atoms with Gasteiger partial charge >= 0.3 is 6.09 Å². The van der Waals surface area contributed by atoms with Crippen LogP contribution in [0.25, 0.3) is 0 Å². The van der Waals surface area contributed by atoms with Gasteiger partial charge in [-0.2, -0.15) is 0 Å². The van der Waals surface area contributed by atoms with Gasteiger partial charge in [0.2, 0.25) is 5.91 Å². The number of hydrogen-bond acceptors (Lipinski definition) is 3. The zero-order valence-electron chi connectivity index (χ0n) is 12.2. The first-order chi connectivity index (χ1) is 10.6. The minimum absolute atomic E-state index is 0.0228. The Morgan fingerprint density at radius 1 is 1.36 bits per heavy atom. The summed E-state index contributed by atoms with van der Waals surface area (Å²) in [5.74, 6) is 0.0481. The first-order valence-electron chi connectivity index (χ1n) is 7.64. The molecule has 22 heavy (non-hydrogen) atoms. The van der Waals surface area contributed by atoms with Crippen LogP contribution in [0.15, 0.2) is 22.7 Å². The maximum Gasteiger partial charge on any atom is 0.407 e. The van der Waals surface area contributed by atoms with E-state index in [1.54, 1.807) is 0 Å². The molecule has 6 heteroatoms. The second kappa shape index (κ2) is 6.69. The molecule has 2 amide bonds. The summed E-state index contributed by atoms with van der Waals surface area (Å²) in [4.78, 5) is 23.1. The number of ether oxygens (including phenoxy) is 1. The molecule has 2 aliphatic rings. The van der Waals surface area contributed by atoms with E-state index in [1.807, 2.05) is 12.1 Å². The number of amides is 2. The number of hydrogen-bond donors (Lipinski definition) is 2. The van der Waals surface area contributed by atoms with E-state index < -0.39 is 6.09 Å². The number of carbonyl (C=O) groups excluding carboxylic acids is 2. The summed E-state index contributed by atoms with van der Waals surface area (Å²) < 4.78 is 6.62. The molecule has 118 valence electrons. The van der Waals surface area contributed by atoms with Gasteiger partial charge < -0.3 is 15.4 Å².